The summed E-state index contributed by atoms with van der Waals surface area (Å²) in [5.41, 5.74) is 3.49. The van der Waals surface area contributed by atoms with E-state index in [-0.39, 0.29) is 36.2 Å². The third-order valence-corrected chi connectivity index (χ3v) is 5.67. The Labute approximate surface area is 196 Å². The zero-order valence-corrected chi connectivity index (χ0v) is 19.4. The summed E-state index contributed by atoms with van der Waals surface area (Å²) in [4.78, 5) is 38.8. The third-order valence-electron chi connectivity index (χ3n) is 5.67. The number of Topliss-reactive ketones (excluding diaryl/α,β-unsaturated/α-hetero) is 2. The molecule has 0 radical (unpaired) electrons. The van der Waals surface area contributed by atoms with Crippen molar-refractivity contribution in [3.8, 4) is 11.8 Å². The van der Waals surface area contributed by atoms with E-state index < -0.39 is 0 Å². The zero-order chi connectivity index (χ0) is 23.6. The van der Waals surface area contributed by atoms with Crippen LogP contribution < -0.4 is 4.90 Å². The molecule has 0 N–H and O–H groups in total. The lowest BCUT2D eigenvalue weighted by molar-refractivity contribution is -0.124. The van der Waals surface area contributed by atoms with Gasteiger partial charge < -0.3 is 9.64 Å². The van der Waals surface area contributed by atoms with Crippen LogP contribution in [0.15, 0.2) is 48.5 Å². The molecule has 172 valence electrons. The molecule has 5 nitrogen and oxygen atoms in total. The van der Waals surface area contributed by atoms with Gasteiger partial charge in [0.25, 0.3) is 0 Å². The molecule has 1 amide bonds. The first-order valence-electron chi connectivity index (χ1n) is 11.6. The van der Waals surface area contributed by atoms with Crippen LogP contribution in [0.2, 0.25) is 0 Å². The van der Waals surface area contributed by atoms with E-state index in [0.29, 0.717) is 39.0 Å². The van der Waals surface area contributed by atoms with E-state index in [0.717, 1.165) is 22.4 Å². The van der Waals surface area contributed by atoms with Crippen molar-refractivity contribution in [3.63, 3.8) is 0 Å². The Morgan fingerprint density at radius 1 is 0.879 bits per heavy atom. The van der Waals surface area contributed by atoms with Crippen LogP contribution in [-0.2, 0) is 25.7 Å². The molecule has 0 aromatic heterocycles. The highest BCUT2D eigenvalue weighted by Gasteiger charge is 2.21. The number of ether oxygens (including phenoxy) is 1. The van der Waals surface area contributed by atoms with Crippen molar-refractivity contribution in [1.82, 2.24) is 0 Å². The van der Waals surface area contributed by atoms with Crippen LogP contribution in [0.25, 0.3) is 0 Å². The number of hydrogen-bond donors (Lipinski definition) is 0. The maximum Gasteiger partial charge on any atom is 0.227 e. The van der Waals surface area contributed by atoms with Crippen LogP contribution in [-0.4, -0.2) is 30.7 Å². The molecule has 0 bridgehead atoms. The van der Waals surface area contributed by atoms with E-state index in [4.69, 9.17) is 4.74 Å². The maximum absolute atomic E-state index is 13.1. The van der Waals surface area contributed by atoms with Gasteiger partial charge in [0.15, 0.2) is 0 Å². The molecule has 0 unspecified atom stereocenters. The van der Waals surface area contributed by atoms with E-state index in [1.54, 1.807) is 4.90 Å². The zero-order valence-electron chi connectivity index (χ0n) is 19.4. The van der Waals surface area contributed by atoms with Crippen molar-refractivity contribution < 1.29 is 19.1 Å². The minimum atomic E-state index is -0.0854. The molecular weight excluding hydrogens is 414 g/mol. The summed E-state index contributed by atoms with van der Waals surface area (Å²) in [5.74, 6) is 6.56. The fourth-order valence-electron chi connectivity index (χ4n) is 3.65. The first-order valence-corrected chi connectivity index (χ1v) is 11.6. The lowest BCUT2D eigenvalue weighted by Gasteiger charge is -2.26. The van der Waals surface area contributed by atoms with E-state index in [1.807, 2.05) is 62.4 Å². The predicted molar refractivity (Wildman–Crippen MR) is 129 cm³/mol. The summed E-state index contributed by atoms with van der Waals surface area (Å²) in [6.07, 6.45) is 1.74. The molecule has 1 aliphatic rings. The topological polar surface area (TPSA) is 63.7 Å². The number of fused-ring (bicyclic) bond motifs is 2. The van der Waals surface area contributed by atoms with Crippen molar-refractivity contribution in [3.05, 3.63) is 65.2 Å². The summed E-state index contributed by atoms with van der Waals surface area (Å²) in [6.45, 7) is 5.01. The van der Waals surface area contributed by atoms with Gasteiger partial charge in [0.1, 0.15) is 11.6 Å². The largest absolute Gasteiger partial charge is 0.381 e. The van der Waals surface area contributed by atoms with Gasteiger partial charge in [0.05, 0.1) is 18.8 Å². The molecule has 1 heterocycles. The number of benzene rings is 2. The minimum Gasteiger partial charge on any atom is -0.381 e. The normalized spacial score (nSPS) is 12.2. The third kappa shape index (κ3) is 7.13. The van der Waals surface area contributed by atoms with Crippen molar-refractivity contribution in [2.45, 2.75) is 52.5 Å². The molecule has 5 heteroatoms. The molecule has 0 atom stereocenters. The number of rotatable bonds is 11. The predicted octanol–water partition coefficient (Wildman–Crippen LogP) is 4.69. The number of carbonyl (C=O) groups is 3. The van der Waals surface area contributed by atoms with E-state index in [2.05, 4.69) is 11.8 Å². The highest BCUT2D eigenvalue weighted by atomic mass is 16.5. The lowest BCUT2D eigenvalue weighted by atomic mass is 10.0. The fourth-order valence-corrected chi connectivity index (χ4v) is 3.65. The average molecular weight is 446 g/mol. The van der Waals surface area contributed by atoms with E-state index >= 15 is 0 Å². The summed E-state index contributed by atoms with van der Waals surface area (Å²) in [5, 5.41) is 0. The molecule has 0 aliphatic carbocycles. The van der Waals surface area contributed by atoms with Crippen LogP contribution in [0.4, 0.5) is 5.69 Å². The molecular formula is C28H31NO4. The molecule has 2 aromatic rings. The summed E-state index contributed by atoms with van der Waals surface area (Å²) in [7, 11) is 0. The highest BCUT2D eigenvalue weighted by Crippen LogP contribution is 2.26. The van der Waals surface area contributed by atoms with Gasteiger partial charge in [-0.1, -0.05) is 56.0 Å². The van der Waals surface area contributed by atoms with Gasteiger partial charge in [-0.2, -0.15) is 0 Å². The minimum absolute atomic E-state index is 0.0220. The monoisotopic (exact) mass is 445 g/mol. The van der Waals surface area contributed by atoms with Crippen molar-refractivity contribution in [2.75, 3.05) is 18.1 Å². The second-order valence-electron chi connectivity index (χ2n) is 8.53. The van der Waals surface area contributed by atoms with Gasteiger partial charge in [-0.05, 0) is 30.2 Å². The number of carbonyl (C=O) groups excluding carboxylic acids is 3. The number of para-hydroxylation sites is 1. The Morgan fingerprint density at radius 2 is 1.58 bits per heavy atom. The first kappa shape index (κ1) is 24.4. The molecule has 0 fully saturated rings. The van der Waals surface area contributed by atoms with Crippen molar-refractivity contribution in [1.29, 1.82) is 0 Å². The van der Waals surface area contributed by atoms with Crippen molar-refractivity contribution in [2.24, 2.45) is 5.92 Å². The standard InChI is InChI=1S/C28H31NO4/c1-21(2)27(31)17-19-33-18-7-11-25(30)15-16-28(32)29-20-24-10-4-3-8-22(24)13-14-23-9-5-6-12-26(23)29/h3-6,8-10,12,21H,7,11,15-20H2,1-2H3. The second-order valence-corrected chi connectivity index (χ2v) is 8.53. The van der Waals surface area contributed by atoms with Crippen LogP contribution in [0, 0.1) is 17.8 Å². The Balaban J connectivity index is 1.51. The summed E-state index contributed by atoms with van der Waals surface area (Å²) >= 11 is 0. The summed E-state index contributed by atoms with van der Waals surface area (Å²) < 4.78 is 5.46. The molecule has 3 rings (SSSR count). The number of nitrogens with zero attached hydrogens (tertiary/aromatic N) is 1. The fraction of sp³-hybridized carbons (Fsp3) is 0.393. The number of hydrogen-bond acceptors (Lipinski definition) is 4. The smallest absolute Gasteiger partial charge is 0.227 e. The SMILES string of the molecule is CC(C)C(=O)CCOCCCC(=O)CCC(=O)N1Cc2ccccc2C#Cc2ccccc21. The van der Waals surface area contributed by atoms with Gasteiger partial charge in [-0.25, -0.2) is 0 Å². The second kappa shape index (κ2) is 12.1. The van der Waals surface area contributed by atoms with Crippen LogP contribution >= 0.6 is 0 Å². The number of anilines is 1. The number of amides is 1. The maximum atomic E-state index is 13.1. The van der Waals surface area contributed by atoms with Gasteiger partial charge >= 0.3 is 0 Å². The lowest BCUT2D eigenvalue weighted by Crippen LogP contribution is -2.32. The van der Waals surface area contributed by atoms with Gasteiger partial charge in [0.2, 0.25) is 5.91 Å². The molecule has 0 saturated heterocycles. The van der Waals surface area contributed by atoms with Gasteiger partial charge in [-0.3, -0.25) is 14.4 Å². The molecule has 2 aromatic carbocycles. The van der Waals surface area contributed by atoms with E-state index in [1.165, 1.54) is 0 Å². The van der Waals surface area contributed by atoms with Crippen LogP contribution in [0.1, 0.15) is 62.6 Å². The van der Waals surface area contributed by atoms with Crippen molar-refractivity contribution >= 4 is 23.2 Å². The Morgan fingerprint density at radius 3 is 2.36 bits per heavy atom. The summed E-state index contributed by atoms with van der Waals surface area (Å²) in [6, 6.07) is 15.5. The van der Waals surface area contributed by atoms with Gasteiger partial charge in [-0.15, -0.1) is 0 Å². The highest BCUT2D eigenvalue weighted by molar-refractivity contribution is 5.97. The van der Waals surface area contributed by atoms with E-state index in [9.17, 15) is 14.4 Å². The van der Waals surface area contributed by atoms with Crippen LogP contribution in [0.3, 0.4) is 0 Å². The quantitative estimate of drug-likeness (QED) is 0.372. The molecule has 1 aliphatic heterocycles. The van der Waals surface area contributed by atoms with Gasteiger partial charge in [0, 0.05) is 49.3 Å². The average Bonchev–Trinajstić information content (AvgIpc) is 2.81. The first-order chi connectivity index (χ1) is 16.0. The molecule has 0 saturated carbocycles. The Bertz CT molecular complexity index is 1060. The molecule has 0 spiro atoms. The Kier molecular flexibility index (Phi) is 8.97. The Hall–Kier alpha value is -3.23. The number of ketones is 2. The molecule has 33 heavy (non-hydrogen) atoms. The van der Waals surface area contributed by atoms with Crippen LogP contribution in [0.5, 0.6) is 0 Å².